The van der Waals surface area contributed by atoms with Crippen LogP contribution in [0.2, 0.25) is 0 Å². The van der Waals surface area contributed by atoms with Crippen LogP contribution in [0.4, 0.5) is 0 Å². The van der Waals surface area contributed by atoms with Crippen LogP contribution in [0, 0.1) is 0 Å². The smallest absolute Gasteiger partial charge is 0.252 e. The normalized spacial score (nSPS) is 10.2. The molecule has 0 unspecified atom stereocenters. The van der Waals surface area contributed by atoms with Crippen molar-refractivity contribution < 1.29 is 4.40 Å². The Morgan fingerprint density at radius 3 is 3.33 bits per heavy atom. The van der Waals surface area contributed by atoms with Gasteiger partial charge in [-0.25, -0.2) is 9.38 Å². The van der Waals surface area contributed by atoms with Gasteiger partial charge in [-0.15, -0.1) is 0 Å². The molecule has 2 heterocycles. The van der Waals surface area contributed by atoms with E-state index < -0.39 is 0 Å². The highest BCUT2D eigenvalue weighted by atomic mass is 15.0. The van der Waals surface area contributed by atoms with Crippen LogP contribution in [0.25, 0.3) is 5.65 Å². The molecule has 0 amide bonds. The molecule has 0 spiro atoms. The standard InChI is InChI=1S/C6H5N3/c1-3-9-4-2-8-6(9)5-7-1/h1-5H/p+1. The summed E-state index contributed by atoms with van der Waals surface area (Å²) < 4.78 is 1.97. The minimum Gasteiger partial charge on any atom is -0.252 e. The molecule has 0 aliphatic carbocycles. The summed E-state index contributed by atoms with van der Waals surface area (Å²) in [4.78, 5) is 6.95. The van der Waals surface area contributed by atoms with Gasteiger partial charge in [0.1, 0.15) is 24.8 Å². The Morgan fingerprint density at radius 2 is 2.44 bits per heavy atom. The van der Waals surface area contributed by atoms with Crippen molar-refractivity contribution in [3.63, 3.8) is 0 Å². The van der Waals surface area contributed by atoms with Gasteiger partial charge in [0.25, 0.3) is 0 Å². The summed E-state index contributed by atoms with van der Waals surface area (Å²) in [6, 6.07) is 0. The molecule has 0 radical (unpaired) electrons. The highest BCUT2D eigenvalue weighted by molar-refractivity contribution is 5.22. The summed E-state index contributed by atoms with van der Waals surface area (Å²) in [5.41, 5.74) is 1.01. The van der Waals surface area contributed by atoms with Crippen LogP contribution in [0.15, 0.2) is 31.0 Å². The van der Waals surface area contributed by atoms with Crippen LogP contribution in [0.3, 0.4) is 0 Å². The van der Waals surface area contributed by atoms with Gasteiger partial charge >= 0.3 is 5.65 Å². The van der Waals surface area contributed by atoms with Gasteiger partial charge in [-0.2, -0.15) is 0 Å². The number of hydrogen-bond acceptors (Lipinski definition) is 1. The van der Waals surface area contributed by atoms with E-state index in [1.165, 1.54) is 0 Å². The summed E-state index contributed by atoms with van der Waals surface area (Å²) in [6.45, 7) is 0. The minimum atomic E-state index is 1.01. The second-order valence-corrected chi connectivity index (χ2v) is 1.83. The molecule has 0 aromatic carbocycles. The first-order valence-corrected chi connectivity index (χ1v) is 2.75. The fourth-order valence-corrected chi connectivity index (χ4v) is 0.816. The molecule has 44 valence electrons. The number of aromatic amines is 1. The Balaban J connectivity index is 2.95. The molecule has 0 aliphatic heterocycles. The lowest BCUT2D eigenvalue weighted by molar-refractivity contribution is -0.510. The van der Waals surface area contributed by atoms with E-state index >= 15 is 0 Å². The molecular formula is C6H6N3+. The molecule has 2 aromatic rings. The lowest BCUT2D eigenvalue weighted by Crippen LogP contribution is -2.16. The molecule has 0 aliphatic rings. The third kappa shape index (κ3) is 0.579. The number of rotatable bonds is 0. The van der Waals surface area contributed by atoms with Crippen LogP contribution < -0.4 is 4.40 Å². The quantitative estimate of drug-likeness (QED) is 0.493. The summed E-state index contributed by atoms with van der Waals surface area (Å²) in [5.74, 6) is 0. The first-order valence-electron chi connectivity index (χ1n) is 2.75. The Bertz CT molecular complexity index is 282. The summed E-state index contributed by atoms with van der Waals surface area (Å²) in [5, 5.41) is 0. The van der Waals surface area contributed by atoms with Crippen LogP contribution in [0.5, 0.6) is 0 Å². The van der Waals surface area contributed by atoms with Gasteiger partial charge in [0.05, 0.1) is 6.20 Å². The Labute approximate surface area is 52.0 Å². The van der Waals surface area contributed by atoms with Gasteiger partial charge in [0, 0.05) is 0 Å². The zero-order chi connectivity index (χ0) is 6.10. The zero-order valence-corrected chi connectivity index (χ0v) is 4.78. The molecule has 2 aromatic heterocycles. The third-order valence-corrected chi connectivity index (χ3v) is 1.25. The molecule has 2 rings (SSSR count). The molecule has 9 heavy (non-hydrogen) atoms. The molecule has 0 fully saturated rings. The maximum Gasteiger partial charge on any atom is 0.302 e. The monoisotopic (exact) mass is 120 g/mol. The average Bonchev–Trinajstić information content (AvgIpc) is 2.33. The summed E-state index contributed by atoms with van der Waals surface area (Å²) in [6.07, 6.45) is 9.24. The number of nitrogens with zero attached hydrogens (tertiary/aromatic N) is 2. The van der Waals surface area contributed by atoms with Crippen molar-refractivity contribution >= 4 is 5.65 Å². The maximum absolute atomic E-state index is 3.93. The van der Waals surface area contributed by atoms with E-state index in [1.807, 2.05) is 23.0 Å². The van der Waals surface area contributed by atoms with E-state index in [4.69, 9.17) is 0 Å². The Morgan fingerprint density at radius 1 is 1.44 bits per heavy atom. The van der Waals surface area contributed by atoms with E-state index in [2.05, 4.69) is 9.97 Å². The van der Waals surface area contributed by atoms with Gasteiger partial charge in [0.15, 0.2) is 0 Å². The molecular weight excluding hydrogens is 114 g/mol. The van der Waals surface area contributed by atoms with Gasteiger partial charge in [-0.1, -0.05) is 0 Å². The van der Waals surface area contributed by atoms with E-state index in [-0.39, 0.29) is 0 Å². The van der Waals surface area contributed by atoms with E-state index in [9.17, 15) is 0 Å². The molecule has 0 saturated heterocycles. The largest absolute Gasteiger partial charge is 0.302 e. The first kappa shape index (κ1) is 4.49. The fourth-order valence-electron chi connectivity index (χ4n) is 0.816. The third-order valence-electron chi connectivity index (χ3n) is 1.25. The molecule has 3 nitrogen and oxygen atoms in total. The molecule has 0 bridgehead atoms. The van der Waals surface area contributed by atoms with Crippen molar-refractivity contribution in [2.45, 2.75) is 0 Å². The zero-order valence-electron chi connectivity index (χ0n) is 4.78. The maximum atomic E-state index is 3.93. The van der Waals surface area contributed by atoms with Crippen LogP contribution in [-0.4, -0.2) is 9.97 Å². The lowest BCUT2D eigenvalue weighted by atomic mass is 10.7. The SMILES string of the molecule is c1c[n+]2cc[nH]c2cn1. The number of H-pyrrole nitrogens is 1. The highest BCUT2D eigenvalue weighted by Gasteiger charge is 1.95. The molecule has 0 saturated carbocycles. The Kier molecular flexibility index (Phi) is 0.773. The van der Waals surface area contributed by atoms with Gasteiger partial charge in [-0.3, -0.25) is 4.98 Å². The number of nitrogens with one attached hydrogen (secondary N) is 1. The first-order chi connectivity index (χ1) is 4.47. The Hall–Kier alpha value is -1.38. The van der Waals surface area contributed by atoms with E-state index in [0.717, 1.165) is 5.65 Å². The van der Waals surface area contributed by atoms with Crippen LogP contribution >= 0.6 is 0 Å². The molecule has 3 heteroatoms. The summed E-state index contributed by atoms with van der Waals surface area (Å²) in [7, 11) is 0. The number of imidazole rings is 1. The van der Waals surface area contributed by atoms with Gasteiger partial charge < -0.3 is 0 Å². The lowest BCUT2D eigenvalue weighted by Gasteiger charge is -1.78. The molecule has 0 atom stereocenters. The van der Waals surface area contributed by atoms with Crippen LogP contribution in [0.1, 0.15) is 0 Å². The predicted octanol–water partition coefficient (Wildman–Crippen LogP) is 0.148. The number of fused-ring (bicyclic) bond motifs is 1. The minimum absolute atomic E-state index is 1.01. The van der Waals surface area contributed by atoms with Crippen LogP contribution in [-0.2, 0) is 0 Å². The van der Waals surface area contributed by atoms with Crippen molar-refractivity contribution in [3.8, 4) is 0 Å². The van der Waals surface area contributed by atoms with E-state index in [0.29, 0.717) is 0 Å². The summed E-state index contributed by atoms with van der Waals surface area (Å²) >= 11 is 0. The second kappa shape index (κ2) is 1.55. The average molecular weight is 120 g/mol. The highest BCUT2D eigenvalue weighted by Crippen LogP contribution is 1.83. The van der Waals surface area contributed by atoms with Crippen molar-refractivity contribution in [3.05, 3.63) is 31.0 Å². The number of hydrogen-bond donors (Lipinski definition) is 1. The van der Waals surface area contributed by atoms with Crippen molar-refractivity contribution in [2.75, 3.05) is 0 Å². The molecule has 1 N–H and O–H groups in total. The van der Waals surface area contributed by atoms with Gasteiger partial charge in [0.2, 0.25) is 0 Å². The van der Waals surface area contributed by atoms with Gasteiger partial charge in [-0.05, 0) is 0 Å². The van der Waals surface area contributed by atoms with Crippen molar-refractivity contribution in [1.82, 2.24) is 9.97 Å². The van der Waals surface area contributed by atoms with Crippen molar-refractivity contribution in [1.29, 1.82) is 0 Å². The fraction of sp³-hybridized carbons (Fsp3) is 0. The predicted molar refractivity (Wildman–Crippen MR) is 31.7 cm³/mol. The second-order valence-electron chi connectivity index (χ2n) is 1.83. The van der Waals surface area contributed by atoms with E-state index in [1.54, 1.807) is 12.4 Å². The van der Waals surface area contributed by atoms with Crippen molar-refractivity contribution in [2.24, 2.45) is 0 Å². The topological polar surface area (TPSA) is 32.8 Å². The number of aromatic nitrogens is 3.